The van der Waals surface area contributed by atoms with Crippen LogP contribution in [0.15, 0.2) is 0 Å². The van der Waals surface area contributed by atoms with E-state index >= 15 is 0 Å². The molecule has 0 spiro atoms. The van der Waals surface area contributed by atoms with E-state index in [0.717, 1.165) is 21.1 Å². The van der Waals surface area contributed by atoms with E-state index in [0.29, 0.717) is 0 Å². The van der Waals surface area contributed by atoms with Crippen molar-refractivity contribution in [2.24, 2.45) is 5.92 Å². The van der Waals surface area contributed by atoms with Crippen LogP contribution in [0.25, 0.3) is 0 Å². The lowest BCUT2D eigenvalue weighted by Gasteiger charge is -2.13. The van der Waals surface area contributed by atoms with Crippen LogP contribution in [0.5, 0.6) is 0 Å². The summed E-state index contributed by atoms with van der Waals surface area (Å²) >= 11 is 0. The van der Waals surface area contributed by atoms with Crippen molar-refractivity contribution in [3.8, 4) is 0 Å². The van der Waals surface area contributed by atoms with Crippen molar-refractivity contribution in [1.29, 1.82) is 0 Å². The Kier molecular flexibility index (Phi) is 5.61. The second-order valence-corrected chi connectivity index (χ2v) is 4.39. The second-order valence-electron chi connectivity index (χ2n) is 4.39. The topological polar surface area (TPSA) is 113 Å². The normalized spacial score (nSPS) is 10.5. The quantitative estimate of drug-likeness (QED) is 0.197. The van der Waals surface area contributed by atoms with Crippen LogP contribution in [0.4, 0.5) is 18.9 Å². The zero-order valence-electron chi connectivity index (χ0n) is 12.5. The van der Waals surface area contributed by atoms with Crippen molar-refractivity contribution >= 4 is 23.4 Å². The van der Waals surface area contributed by atoms with Crippen LogP contribution in [-0.2, 0) is 19.1 Å². The van der Waals surface area contributed by atoms with Crippen molar-refractivity contribution < 1.29 is 42.0 Å². The maximum Gasteiger partial charge on any atom is 0.328 e. The number of hydrogen-bond donors (Lipinski definition) is 0. The van der Waals surface area contributed by atoms with Crippen molar-refractivity contribution in [1.82, 2.24) is 0 Å². The Bertz CT molecular complexity index is 732. The number of nitrogens with zero attached hydrogens (tertiary/aromatic N) is 1. The molecule has 1 rings (SSSR count). The fourth-order valence-electron chi connectivity index (χ4n) is 1.85. The molecule has 0 unspecified atom stereocenters. The number of benzene rings is 1. The van der Waals surface area contributed by atoms with Gasteiger partial charge in [0.2, 0.25) is 11.7 Å². The summed E-state index contributed by atoms with van der Waals surface area (Å²) in [4.78, 5) is 44.7. The first-order valence-corrected chi connectivity index (χ1v) is 6.11. The molecule has 24 heavy (non-hydrogen) atoms. The largest absolute Gasteiger partial charge is 0.468 e. The number of methoxy groups -OCH3 is 2. The Morgan fingerprint density at radius 2 is 1.46 bits per heavy atom. The van der Waals surface area contributed by atoms with E-state index in [4.69, 9.17) is 0 Å². The third-order valence-corrected chi connectivity index (χ3v) is 3.08. The first kappa shape index (κ1) is 19.1. The Hall–Kier alpha value is -2.98. The van der Waals surface area contributed by atoms with Gasteiger partial charge in [-0.25, -0.2) is 8.78 Å². The highest BCUT2D eigenvalue weighted by molar-refractivity contribution is 6.22. The van der Waals surface area contributed by atoms with E-state index in [9.17, 15) is 37.7 Å². The lowest BCUT2D eigenvalue weighted by molar-refractivity contribution is -0.388. The maximum atomic E-state index is 14.2. The molecule has 0 bridgehead atoms. The smallest absolute Gasteiger partial charge is 0.328 e. The molecular formula is C13H10F3NO7. The molecule has 1 aromatic rings. The second kappa shape index (κ2) is 7.06. The summed E-state index contributed by atoms with van der Waals surface area (Å²) in [6.07, 6.45) is 0. The predicted molar refractivity (Wildman–Crippen MR) is 69.6 cm³/mol. The third kappa shape index (κ3) is 3.05. The number of carbonyl (C=O) groups is 3. The summed E-state index contributed by atoms with van der Waals surface area (Å²) in [5.74, 6) is -13.0. The summed E-state index contributed by atoms with van der Waals surface area (Å²) in [6.45, 7) is 0.722. The summed E-state index contributed by atoms with van der Waals surface area (Å²) in [7, 11) is 1.57. The Morgan fingerprint density at radius 3 is 1.83 bits per heavy atom. The molecule has 0 aliphatic rings. The highest BCUT2D eigenvalue weighted by atomic mass is 19.2. The number of esters is 2. The number of nitro benzene ring substituents is 1. The van der Waals surface area contributed by atoms with Crippen LogP contribution in [0.2, 0.25) is 0 Å². The van der Waals surface area contributed by atoms with E-state index in [1.807, 2.05) is 0 Å². The minimum atomic E-state index is -2.43. The lowest BCUT2D eigenvalue weighted by atomic mass is 9.94. The summed E-state index contributed by atoms with van der Waals surface area (Å²) in [6, 6.07) is 0. The summed E-state index contributed by atoms with van der Waals surface area (Å²) in [5.41, 5.74) is -4.43. The van der Waals surface area contributed by atoms with Gasteiger partial charge in [-0.05, 0) is 6.92 Å². The molecule has 0 heterocycles. The highest BCUT2D eigenvalue weighted by Gasteiger charge is 2.44. The van der Waals surface area contributed by atoms with Gasteiger partial charge in [0, 0.05) is 5.56 Å². The fraction of sp³-hybridized carbons (Fsp3) is 0.308. The maximum absolute atomic E-state index is 14.2. The minimum absolute atomic E-state index is 0.722. The van der Waals surface area contributed by atoms with Crippen LogP contribution in [-0.4, -0.2) is 36.9 Å². The zero-order chi connectivity index (χ0) is 18.8. The molecule has 0 N–H and O–H groups in total. The first-order valence-electron chi connectivity index (χ1n) is 6.11. The molecule has 0 atom stereocenters. The number of hydrogen-bond acceptors (Lipinski definition) is 7. The molecule has 0 saturated heterocycles. The molecular weight excluding hydrogens is 339 g/mol. The van der Waals surface area contributed by atoms with Gasteiger partial charge in [-0.1, -0.05) is 0 Å². The number of ketones is 1. The van der Waals surface area contributed by atoms with Gasteiger partial charge in [0.25, 0.3) is 0 Å². The molecule has 0 radical (unpaired) electrons. The molecule has 0 aliphatic carbocycles. The van der Waals surface area contributed by atoms with Crippen molar-refractivity contribution in [3.05, 3.63) is 38.7 Å². The number of nitro groups is 1. The van der Waals surface area contributed by atoms with Crippen molar-refractivity contribution in [2.75, 3.05) is 14.2 Å². The van der Waals surface area contributed by atoms with Gasteiger partial charge < -0.3 is 9.47 Å². The van der Waals surface area contributed by atoms with Crippen LogP contribution < -0.4 is 0 Å². The third-order valence-electron chi connectivity index (χ3n) is 3.08. The standard InChI is InChI=1S/C13H10F3NO7/c1-4-7(14)5(10(17(21)22)9(16)8(4)15)11(18)6(12(19)23-2)13(20)24-3/h6H,1-3H3. The lowest BCUT2D eigenvalue weighted by Crippen LogP contribution is -2.35. The van der Waals surface area contributed by atoms with Gasteiger partial charge in [0.05, 0.1) is 19.1 Å². The van der Waals surface area contributed by atoms with E-state index < -0.39 is 62.8 Å². The average Bonchev–Trinajstić information content (AvgIpc) is 2.54. The SMILES string of the molecule is COC(=O)C(C(=O)OC)C(=O)c1c(F)c(C)c(F)c(F)c1[N+](=O)[O-]. The molecule has 130 valence electrons. The number of Topliss-reactive ketones (excluding diaryl/α,β-unsaturated/α-hetero) is 1. The molecule has 0 amide bonds. The van der Waals surface area contributed by atoms with Crippen LogP contribution in [0, 0.1) is 40.4 Å². The van der Waals surface area contributed by atoms with Crippen LogP contribution in [0.3, 0.4) is 0 Å². The Balaban J connectivity index is 3.76. The Labute approximate surface area is 132 Å². The van der Waals surface area contributed by atoms with Gasteiger partial charge in [-0.3, -0.25) is 24.5 Å². The zero-order valence-corrected chi connectivity index (χ0v) is 12.5. The average molecular weight is 349 g/mol. The van der Waals surface area contributed by atoms with Crippen molar-refractivity contribution in [2.45, 2.75) is 6.92 Å². The number of halogens is 3. The molecule has 0 saturated carbocycles. The number of ether oxygens (including phenoxy) is 2. The van der Waals surface area contributed by atoms with Crippen molar-refractivity contribution in [3.63, 3.8) is 0 Å². The van der Waals surface area contributed by atoms with Crippen LogP contribution in [0.1, 0.15) is 15.9 Å². The molecule has 0 aliphatic heterocycles. The first-order chi connectivity index (χ1) is 11.1. The fourth-order valence-corrected chi connectivity index (χ4v) is 1.85. The van der Waals surface area contributed by atoms with E-state index in [-0.39, 0.29) is 0 Å². The minimum Gasteiger partial charge on any atom is -0.468 e. The number of rotatable bonds is 5. The van der Waals surface area contributed by atoms with Gasteiger partial charge in [0.1, 0.15) is 11.4 Å². The van der Waals surface area contributed by atoms with Gasteiger partial charge >= 0.3 is 17.6 Å². The van der Waals surface area contributed by atoms with Crippen LogP contribution >= 0.6 is 0 Å². The molecule has 0 aromatic heterocycles. The van der Waals surface area contributed by atoms with E-state index in [1.165, 1.54) is 0 Å². The van der Waals surface area contributed by atoms with E-state index in [1.54, 1.807) is 0 Å². The molecule has 0 fully saturated rings. The predicted octanol–water partition coefficient (Wildman–Crippen LogP) is 1.47. The van der Waals surface area contributed by atoms with Gasteiger partial charge in [0.15, 0.2) is 11.6 Å². The highest BCUT2D eigenvalue weighted by Crippen LogP contribution is 2.32. The monoisotopic (exact) mass is 349 g/mol. The van der Waals surface area contributed by atoms with Gasteiger partial charge in [-0.2, -0.15) is 4.39 Å². The molecule has 8 nitrogen and oxygen atoms in total. The Morgan fingerprint density at radius 1 is 1.00 bits per heavy atom. The number of carbonyl (C=O) groups excluding carboxylic acids is 3. The summed E-state index contributed by atoms with van der Waals surface area (Å²) < 4.78 is 49.8. The van der Waals surface area contributed by atoms with E-state index in [2.05, 4.69) is 9.47 Å². The molecule has 1 aromatic carbocycles. The summed E-state index contributed by atoms with van der Waals surface area (Å²) in [5, 5.41) is 10.9. The molecule has 11 heteroatoms. The van der Waals surface area contributed by atoms with Gasteiger partial charge in [-0.15, -0.1) is 0 Å².